The lowest BCUT2D eigenvalue weighted by molar-refractivity contribution is 0.0551. The molecule has 32 heavy (non-hydrogen) atoms. The lowest BCUT2D eigenvalue weighted by Gasteiger charge is -2.11. The first-order valence-corrected chi connectivity index (χ1v) is 9.46. The van der Waals surface area contributed by atoms with Crippen LogP contribution in [0.4, 0.5) is 8.78 Å². The highest BCUT2D eigenvalue weighted by atomic mass is 19.1. The van der Waals surface area contributed by atoms with Crippen molar-refractivity contribution in [3.63, 3.8) is 0 Å². The number of carbonyl (C=O) groups excluding carboxylic acids is 2. The highest BCUT2D eigenvalue weighted by Gasteiger charge is 2.25. The Morgan fingerprint density at radius 3 is 2.50 bits per heavy atom. The number of nitrogens with one attached hydrogen (secondary N) is 1. The van der Waals surface area contributed by atoms with E-state index in [4.69, 9.17) is 9.15 Å². The van der Waals surface area contributed by atoms with Crippen molar-refractivity contribution < 1.29 is 32.3 Å². The molecule has 0 unspecified atom stereocenters. The van der Waals surface area contributed by atoms with Gasteiger partial charge in [-0.15, -0.1) is 0 Å². The standard InChI is InChI=1S/C23H19F2NO6/c1-13-17(24)9-8-15(18(13)25)10-26-22(28)16-12-32-21(23(29)30-2)20(19(16)27)31-11-14-6-4-3-5-7-14/h3-9,12H,10-11H2,1-2H3,(H,26,28). The number of methoxy groups -OCH3 is 1. The maximum Gasteiger partial charge on any atom is 0.378 e. The van der Waals surface area contributed by atoms with E-state index in [-0.39, 0.29) is 24.3 Å². The van der Waals surface area contributed by atoms with Crippen LogP contribution in [0.15, 0.2) is 57.9 Å². The first-order valence-electron chi connectivity index (χ1n) is 9.46. The molecule has 0 spiro atoms. The molecule has 0 saturated carbocycles. The van der Waals surface area contributed by atoms with Crippen LogP contribution in [0.1, 0.15) is 37.6 Å². The van der Waals surface area contributed by atoms with Gasteiger partial charge in [-0.2, -0.15) is 0 Å². The molecule has 0 saturated heterocycles. The summed E-state index contributed by atoms with van der Waals surface area (Å²) in [6.45, 7) is 0.900. The highest BCUT2D eigenvalue weighted by molar-refractivity contribution is 5.95. The van der Waals surface area contributed by atoms with Gasteiger partial charge >= 0.3 is 5.97 Å². The second-order valence-electron chi connectivity index (χ2n) is 6.73. The SMILES string of the molecule is COC(=O)c1occ(C(=O)NCc2ccc(F)c(C)c2F)c(=O)c1OCc1ccccc1. The largest absolute Gasteiger partial charge is 0.481 e. The predicted octanol–water partition coefficient (Wildman–Crippen LogP) is 3.52. The molecule has 0 atom stereocenters. The minimum Gasteiger partial charge on any atom is -0.481 e. The Kier molecular flexibility index (Phi) is 6.99. The molecule has 1 heterocycles. The van der Waals surface area contributed by atoms with Crippen LogP contribution in [-0.2, 0) is 17.9 Å². The summed E-state index contributed by atoms with van der Waals surface area (Å²) in [6.07, 6.45) is 0.797. The summed E-state index contributed by atoms with van der Waals surface area (Å²) in [6, 6.07) is 11.1. The Morgan fingerprint density at radius 1 is 1.09 bits per heavy atom. The van der Waals surface area contributed by atoms with Crippen LogP contribution < -0.4 is 15.5 Å². The van der Waals surface area contributed by atoms with Crippen LogP contribution in [0.5, 0.6) is 5.75 Å². The summed E-state index contributed by atoms with van der Waals surface area (Å²) >= 11 is 0. The molecular weight excluding hydrogens is 424 g/mol. The number of carbonyl (C=O) groups is 2. The van der Waals surface area contributed by atoms with Gasteiger partial charge in [0.25, 0.3) is 11.7 Å². The number of benzene rings is 2. The number of ether oxygens (including phenoxy) is 2. The molecule has 1 amide bonds. The molecule has 0 aliphatic carbocycles. The summed E-state index contributed by atoms with van der Waals surface area (Å²) in [5.74, 6) is -4.34. The van der Waals surface area contributed by atoms with Crippen molar-refractivity contribution in [2.75, 3.05) is 7.11 Å². The second-order valence-corrected chi connectivity index (χ2v) is 6.73. The Hall–Kier alpha value is -4.01. The smallest absolute Gasteiger partial charge is 0.378 e. The van der Waals surface area contributed by atoms with E-state index < -0.39 is 46.0 Å². The summed E-state index contributed by atoms with van der Waals surface area (Å²) in [5.41, 5.74) is -0.802. The summed E-state index contributed by atoms with van der Waals surface area (Å²) in [7, 11) is 1.10. The van der Waals surface area contributed by atoms with Gasteiger partial charge in [-0.05, 0) is 18.6 Å². The van der Waals surface area contributed by atoms with Crippen molar-refractivity contribution in [1.82, 2.24) is 5.32 Å². The third kappa shape index (κ3) is 4.83. The molecule has 0 bridgehead atoms. The molecule has 2 aromatic carbocycles. The van der Waals surface area contributed by atoms with Crippen LogP contribution in [0, 0.1) is 18.6 Å². The Labute approximate surface area is 181 Å². The van der Waals surface area contributed by atoms with E-state index in [0.29, 0.717) is 5.56 Å². The fourth-order valence-corrected chi connectivity index (χ4v) is 2.83. The Bertz CT molecular complexity index is 1210. The van der Waals surface area contributed by atoms with E-state index in [1.54, 1.807) is 30.3 Å². The molecule has 7 nitrogen and oxygen atoms in total. The third-order valence-electron chi connectivity index (χ3n) is 4.63. The van der Waals surface area contributed by atoms with Crippen LogP contribution >= 0.6 is 0 Å². The van der Waals surface area contributed by atoms with Gasteiger partial charge in [0.15, 0.2) is 0 Å². The average molecular weight is 443 g/mol. The summed E-state index contributed by atoms with van der Waals surface area (Å²) < 4.78 is 42.8. The zero-order chi connectivity index (χ0) is 23.3. The Morgan fingerprint density at radius 2 is 1.81 bits per heavy atom. The molecule has 3 aromatic rings. The maximum atomic E-state index is 14.2. The summed E-state index contributed by atoms with van der Waals surface area (Å²) in [4.78, 5) is 37.4. The lowest BCUT2D eigenvalue weighted by Crippen LogP contribution is -2.30. The zero-order valence-electron chi connectivity index (χ0n) is 17.2. The number of amides is 1. The highest BCUT2D eigenvalue weighted by Crippen LogP contribution is 2.19. The molecule has 166 valence electrons. The molecule has 0 fully saturated rings. The fraction of sp³-hybridized carbons (Fsp3) is 0.174. The van der Waals surface area contributed by atoms with Gasteiger partial charge in [-0.25, -0.2) is 13.6 Å². The number of halogens is 2. The first kappa shape index (κ1) is 22.7. The summed E-state index contributed by atoms with van der Waals surface area (Å²) in [5, 5.41) is 2.37. The van der Waals surface area contributed by atoms with Gasteiger partial charge < -0.3 is 19.2 Å². The van der Waals surface area contributed by atoms with Gasteiger partial charge in [-0.3, -0.25) is 9.59 Å². The van der Waals surface area contributed by atoms with Gasteiger partial charge in [0.2, 0.25) is 11.2 Å². The number of hydrogen-bond acceptors (Lipinski definition) is 6. The number of hydrogen-bond donors (Lipinski definition) is 1. The zero-order valence-corrected chi connectivity index (χ0v) is 17.2. The van der Waals surface area contributed by atoms with E-state index in [2.05, 4.69) is 10.1 Å². The van der Waals surface area contributed by atoms with E-state index >= 15 is 0 Å². The quantitative estimate of drug-likeness (QED) is 0.562. The van der Waals surface area contributed by atoms with Gasteiger partial charge in [0, 0.05) is 17.7 Å². The van der Waals surface area contributed by atoms with Gasteiger partial charge in [-0.1, -0.05) is 36.4 Å². The normalized spacial score (nSPS) is 10.5. The molecule has 1 N–H and O–H groups in total. The molecule has 1 aromatic heterocycles. The molecular formula is C23H19F2NO6. The fourth-order valence-electron chi connectivity index (χ4n) is 2.83. The van der Waals surface area contributed by atoms with Crippen molar-refractivity contribution in [2.24, 2.45) is 0 Å². The topological polar surface area (TPSA) is 94.8 Å². The monoisotopic (exact) mass is 443 g/mol. The number of rotatable bonds is 7. The third-order valence-corrected chi connectivity index (χ3v) is 4.63. The van der Waals surface area contributed by atoms with E-state index in [1.165, 1.54) is 13.0 Å². The molecule has 0 radical (unpaired) electrons. The molecule has 0 aliphatic heterocycles. The van der Waals surface area contributed by atoms with Crippen LogP contribution in [0.2, 0.25) is 0 Å². The molecule has 9 heteroatoms. The number of esters is 1. The first-order chi connectivity index (χ1) is 15.3. The molecule has 3 rings (SSSR count). The van der Waals surface area contributed by atoms with E-state index in [0.717, 1.165) is 19.4 Å². The molecule has 0 aliphatic rings. The van der Waals surface area contributed by atoms with Crippen molar-refractivity contribution in [3.8, 4) is 5.75 Å². The van der Waals surface area contributed by atoms with Crippen LogP contribution in [0.25, 0.3) is 0 Å². The van der Waals surface area contributed by atoms with Crippen molar-refractivity contribution in [1.29, 1.82) is 0 Å². The minimum atomic E-state index is -0.957. The van der Waals surface area contributed by atoms with Crippen molar-refractivity contribution in [3.05, 3.63) is 98.6 Å². The predicted molar refractivity (Wildman–Crippen MR) is 109 cm³/mol. The lowest BCUT2D eigenvalue weighted by atomic mass is 10.1. The van der Waals surface area contributed by atoms with Gasteiger partial charge in [0.1, 0.15) is 30.1 Å². The van der Waals surface area contributed by atoms with Crippen LogP contribution in [-0.4, -0.2) is 19.0 Å². The average Bonchev–Trinajstić information content (AvgIpc) is 2.81. The van der Waals surface area contributed by atoms with Crippen molar-refractivity contribution >= 4 is 11.9 Å². The van der Waals surface area contributed by atoms with Gasteiger partial charge in [0.05, 0.1) is 7.11 Å². The van der Waals surface area contributed by atoms with E-state index in [1.807, 2.05) is 0 Å². The minimum absolute atomic E-state index is 0.0355. The Balaban J connectivity index is 1.86. The maximum absolute atomic E-state index is 14.2. The second kappa shape index (κ2) is 9.86. The van der Waals surface area contributed by atoms with Crippen molar-refractivity contribution in [2.45, 2.75) is 20.1 Å². The van der Waals surface area contributed by atoms with E-state index in [9.17, 15) is 23.2 Å². The van der Waals surface area contributed by atoms with Crippen LogP contribution in [0.3, 0.4) is 0 Å².